The van der Waals surface area contributed by atoms with E-state index in [0.29, 0.717) is 18.2 Å². The Morgan fingerprint density at radius 2 is 2.04 bits per heavy atom. The number of aromatic nitrogens is 2. The van der Waals surface area contributed by atoms with Crippen LogP contribution in [0.3, 0.4) is 0 Å². The number of hydrogen-bond acceptors (Lipinski definition) is 3. The molecule has 2 heterocycles. The van der Waals surface area contributed by atoms with Gasteiger partial charge in [-0.3, -0.25) is 14.3 Å². The van der Waals surface area contributed by atoms with Gasteiger partial charge in [-0.1, -0.05) is 38.1 Å². The molecule has 1 aliphatic heterocycles. The van der Waals surface area contributed by atoms with Gasteiger partial charge < -0.3 is 10.0 Å². The van der Waals surface area contributed by atoms with E-state index in [0.717, 1.165) is 29.7 Å². The van der Waals surface area contributed by atoms with Gasteiger partial charge in [0, 0.05) is 13.6 Å². The number of carboxylic acid groups (broad SMARTS) is 1. The van der Waals surface area contributed by atoms with Gasteiger partial charge >= 0.3 is 5.97 Å². The van der Waals surface area contributed by atoms with Crippen molar-refractivity contribution in [1.82, 2.24) is 14.7 Å². The third-order valence-electron chi connectivity index (χ3n) is 4.81. The lowest BCUT2D eigenvalue weighted by Crippen LogP contribution is -2.41. The Labute approximate surface area is 153 Å². The maximum absolute atomic E-state index is 13.2. The van der Waals surface area contributed by atoms with E-state index < -0.39 is 12.0 Å². The van der Waals surface area contributed by atoms with Crippen molar-refractivity contribution in [2.24, 2.45) is 13.0 Å². The molecular formula is C20H25N3O3. The molecule has 0 spiro atoms. The number of hydrogen-bond donors (Lipinski definition) is 1. The maximum atomic E-state index is 13.2. The van der Waals surface area contributed by atoms with Gasteiger partial charge in [-0.2, -0.15) is 5.10 Å². The van der Waals surface area contributed by atoms with Crippen molar-refractivity contribution in [2.45, 2.75) is 39.2 Å². The summed E-state index contributed by atoms with van der Waals surface area (Å²) in [6.07, 6.45) is 1.44. The highest BCUT2D eigenvalue weighted by molar-refractivity contribution is 5.93. The van der Waals surface area contributed by atoms with E-state index >= 15 is 0 Å². The van der Waals surface area contributed by atoms with Crippen LogP contribution in [-0.4, -0.2) is 38.2 Å². The Morgan fingerprint density at radius 3 is 2.73 bits per heavy atom. The molecule has 0 unspecified atom stereocenters. The lowest BCUT2D eigenvalue weighted by molar-refractivity contribution is -0.138. The van der Waals surface area contributed by atoms with Crippen molar-refractivity contribution in [2.75, 3.05) is 6.54 Å². The number of carbonyl (C=O) groups excluding carboxylic acids is 1. The second kappa shape index (κ2) is 7.32. The van der Waals surface area contributed by atoms with Crippen LogP contribution in [-0.2, 0) is 24.7 Å². The summed E-state index contributed by atoms with van der Waals surface area (Å²) < 4.78 is 1.61. The van der Waals surface area contributed by atoms with E-state index in [9.17, 15) is 14.7 Å². The quantitative estimate of drug-likeness (QED) is 0.895. The summed E-state index contributed by atoms with van der Waals surface area (Å²) in [6.45, 7) is 4.74. The Morgan fingerprint density at radius 1 is 1.31 bits per heavy atom. The maximum Gasteiger partial charge on any atom is 0.305 e. The number of nitrogens with zero attached hydrogens (tertiary/aromatic N) is 3. The summed E-state index contributed by atoms with van der Waals surface area (Å²) in [5.74, 6) is -0.611. The highest BCUT2D eigenvalue weighted by Gasteiger charge is 2.34. The minimum atomic E-state index is -0.907. The molecule has 0 saturated carbocycles. The predicted octanol–water partition coefficient (Wildman–Crippen LogP) is 2.83. The van der Waals surface area contributed by atoms with Crippen molar-refractivity contribution >= 4 is 11.9 Å². The van der Waals surface area contributed by atoms with E-state index in [2.05, 4.69) is 18.9 Å². The molecule has 26 heavy (non-hydrogen) atoms. The molecule has 0 bridgehead atoms. The Kier molecular flexibility index (Phi) is 5.11. The summed E-state index contributed by atoms with van der Waals surface area (Å²) in [6, 6.07) is 9.17. The molecule has 138 valence electrons. The van der Waals surface area contributed by atoms with Crippen LogP contribution in [0.4, 0.5) is 0 Å². The number of carboxylic acids is 1. The molecule has 0 fully saturated rings. The van der Waals surface area contributed by atoms with Crippen LogP contribution in [0.25, 0.3) is 0 Å². The minimum Gasteiger partial charge on any atom is -0.481 e. The lowest BCUT2D eigenvalue weighted by atomic mass is 9.90. The van der Waals surface area contributed by atoms with Crippen LogP contribution < -0.4 is 0 Å². The fraction of sp³-hybridized carbons (Fsp3) is 0.450. The predicted molar refractivity (Wildman–Crippen MR) is 97.9 cm³/mol. The van der Waals surface area contributed by atoms with Crippen LogP contribution >= 0.6 is 0 Å². The Bertz CT molecular complexity index is 825. The molecule has 1 aromatic carbocycles. The smallest absolute Gasteiger partial charge is 0.305 e. The van der Waals surface area contributed by atoms with Gasteiger partial charge in [-0.05, 0) is 36.0 Å². The molecule has 1 aromatic heterocycles. The van der Waals surface area contributed by atoms with Gasteiger partial charge in [0.15, 0.2) is 0 Å². The first kappa shape index (κ1) is 18.2. The third kappa shape index (κ3) is 3.64. The van der Waals surface area contributed by atoms with Crippen molar-refractivity contribution in [3.63, 3.8) is 0 Å². The largest absolute Gasteiger partial charge is 0.481 e. The van der Waals surface area contributed by atoms with Crippen molar-refractivity contribution in [1.29, 1.82) is 0 Å². The normalized spacial score (nSPS) is 16.6. The zero-order chi connectivity index (χ0) is 18.8. The number of carbonyl (C=O) groups is 2. The van der Waals surface area contributed by atoms with E-state index in [4.69, 9.17) is 0 Å². The van der Waals surface area contributed by atoms with Gasteiger partial charge in [0.25, 0.3) is 5.91 Å². The average Bonchev–Trinajstić information content (AvgIpc) is 2.93. The van der Waals surface area contributed by atoms with Crippen LogP contribution in [0.1, 0.15) is 53.6 Å². The zero-order valence-corrected chi connectivity index (χ0v) is 15.5. The second-order valence-electron chi connectivity index (χ2n) is 7.30. The molecule has 6 nitrogen and oxygen atoms in total. The Balaban J connectivity index is 1.93. The number of aliphatic carboxylic acids is 1. The summed E-state index contributed by atoms with van der Waals surface area (Å²) in [5.41, 5.74) is 3.45. The van der Waals surface area contributed by atoms with Crippen LogP contribution in [0.5, 0.6) is 0 Å². The first-order valence-electron chi connectivity index (χ1n) is 9.00. The first-order chi connectivity index (χ1) is 12.4. The topological polar surface area (TPSA) is 75.4 Å². The van der Waals surface area contributed by atoms with Crippen LogP contribution in [0.2, 0.25) is 0 Å². The number of benzene rings is 1. The van der Waals surface area contributed by atoms with Crippen molar-refractivity contribution in [3.05, 3.63) is 52.8 Å². The van der Waals surface area contributed by atoms with Gasteiger partial charge in [0.05, 0.1) is 18.2 Å². The third-order valence-corrected chi connectivity index (χ3v) is 4.81. The van der Waals surface area contributed by atoms with E-state index in [1.807, 2.05) is 30.3 Å². The summed E-state index contributed by atoms with van der Waals surface area (Å²) >= 11 is 0. The molecule has 0 saturated heterocycles. The highest BCUT2D eigenvalue weighted by Crippen LogP contribution is 2.33. The number of amides is 1. The van der Waals surface area contributed by atoms with Gasteiger partial charge in [0.2, 0.25) is 0 Å². The monoisotopic (exact) mass is 355 g/mol. The summed E-state index contributed by atoms with van der Waals surface area (Å²) in [5, 5.41) is 13.8. The Hall–Kier alpha value is -2.63. The van der Waals surface area contributed by atoms with Crippen LogP contribution in [0.15, 0.2) is 30.3 Å². The summed E-state index contributed by atoms with van der Waals surface area (Å²) in [4.78, 5) is 26.3. The van der Waals surface area contributed by atoms with Crippen LogP contribution in [0, 0.1) is 5.92 Å². The molecule has 1 aliphatic rings. The molecule has 1 amide bonds. The molecule has 0 radical (unpaired) electrons. The number of aryl methyl sites for hydroxylation is 1. The number of fused-ring (bicyclic) bond motifs is 1. The van der Waals surface area contributed by atoms with Crippen molar-refractivity contribution in [3.8, 4) is 0 Å². The molecule has 1 N–H and O–H groups in total. The average molecular weight is 355 g/mol. The highest BCUT2D eigenvalue weighted by atomic mass is 16.4. The second-order valence-corrected chi connectivity index (χ2v) is 7.30. The standard InChI is InChI=1S/C20H25N3O3/c1-13(2)10-15-11-18(22(3)21-15)20(26)23-9-8-14-6-4-5-7-16(14)17(23)12-19(24)25/h4-7,11,13,17H,8-10,12H2,1-3H3,(H,24,25)/t17-/m1/s1. The van der Waals surface area contributed by atoms with Crippen molar-refractivity contribution < 1.29 is 14.7 Å². The SMILES string of the molecule is CC(C)Cc1cc(C(=O)N2CCc3ccccc3[C@H]2CC(=O)O)n(C)n1. The molecular weight excluding hydrogens is 330 g/mol. The van der Waals surface area contributed by atoms with E-state index in [1.54, 1.807) is 16.6 Å². The number of rotatable bonds is 5. The fourth-order valence-corrected chi connectivity index (χ4v) is 3.67. The first-order valence-corrected chi connectivity index (χ1v) is 9.00. The summed E-state index contributed by atoms with van der Waals surface area (Å²) in [7, 11) is 1.77. The molecule has 2 aromatic rings. The fourth-order valence-electron chi connectivity index (χ4n) is 3.67. The van der Waals surface area contributed by atoms with Gasteiger partial charge in [-0.25, -0.2) is 0 Å². The molecule has 6 heteroatoms. The van der Waals surface area contributed by atoms with E-state index in [-0.39, 0.29) is 12.3 Å². The van der Waals surface area contributed by atoms with E-state index in [1.165, 1.54) is 0 Å². The minimum absolute atomic E-state index is 0.0978. The lowest BCUT2D eigenvalue weighted by Gasteiger charge is -2.36. The van der Waals surface area contributed by atoms with Gasteiger partial charge in [0.1, 0.15) is 5.69 Å². The van der Waals surface area contributed by atoms with Gasteiger partial charge in [-0.15, -0.1) is 0 Å². The molecule has 3 rings (SSSR count). The molecule has 0 aliphatic carbocycles. The molecule has 1 atom stereocenters. The zero-order valence-electron chi connectivity index (χ0n) is 15.5.